The summed E-state index contributed by atoms with van der Waals surface area (Å²) in [6, 6.07) is 5.98. The van der Waals surface area contributed by atoms with Crippen molar-refractivity contribution in [1.82, 2.24) is 9.80 Å². The third-order valence-corrected chi connectivity index (χ3v) is 5.45. The zero-order valence-corrected chi connectivity index (χ0v) is 13.6. The van der Waals surface area contributed by atoms with Crippen LogP contribution in [0.4, 0.5) is 5.69 Å². The van der Waals surface area contributed by atoms with E-state index in [4.69, 9.17) is 0 Å². The molecule has 2 aliphatic heterocycles. The highest BCUT2D eigenvalue weighted by Gasteiger charge is 2.29. The molecule has 0 radical (unpaired) electrons. The van der Waals surface area contributed by atoms with Crippen molar-refractivity contribution >= 4 is 21.6 Å². The minimum atomic E-state index is -0.325. The first-order valence-electron chi connectivity index (χ1n) is 7.53. The molecule has 0 aromatic heterocycles. The van der Waals surface area contributed by atoms with Gasteiger partial charge in [0, 0.05) is 25.2 Å². The SMILES string of the molecule is O=[N+]([O-])c1cccc(CN2CCCN3CCCC3C2)c1Br. The van der Waals surface area contributed by atoms with Gasteiger partial charge in [-0.2, -0.15) is 0 Å². The van der Waals surface area contributed by atoms with Crippen molar-refractivity contribution in [3.63, 3.8) is 0 Å². The summed E-state index contributed by atoms with van der Waals surface area (Å²) in [7, 11) is 0. The number of nitro groups is 1. The second kappa shape index (κ2) is 6.42. The lowest BCUT2D eigenvalue weighted by Gasteiger charge is -2.25. The summed E-state index contributed by atoms with van der Waals surface area (Å²) in [4.78, 5) is 15.7. The predicted molar refractivity (Wildman–Crippen MR) is 85.3 cm³/mol. The van der Waals surface area contributed by atoms with Crippen LogP contribution >= 0.6 is 15.9 Å². The molecule has 1 unspecified atom stereocenters. The quantitative estimate of drug-likeness (QED) is 0.619. The molecule has 0 saturated carbocycles. The van der Waals surface area contributed by atoms with Crippen LogP contribution in [0.25, 0.3) is 0 Å². The third-order valence-electron chi connectivity index (χ3n) is 4.54. The Morgan fingerprint density at radius 3 is 2.90 bits per heavy atom. The van der Waals surface area contributed by atoms with Crippen LogP contribution in [-0.4, -0.2) is 46.9 Å². The first-order chi connectivity index (χ1) is 10.1. The summed E-state index contributed by atoms with van der Waals surface area (Å²) < 4.78 is 0.627. The third kappa shape index (κ3) is 3.27. The van der Waals surface area contributed by atoms with Crippen LogP contribution in [0.3, 0.4) is 0 Å². The molecule has 114 valence electrons. The largest absolute Gasteiger partial charge is 0.299 e. The summed E-state index contributed by atoms with van der Waals surface area (Å²) in [5.74, 6) is 0. The van der Waals surface area contributed by atoms with Gasteiger partial charge in [0.15, 0.2) is 0 Å². The Kier molecular flexibility index (Phi) is 4.57. The van der Waals surface area contributed by atoms with E-state index in [1.165, 1.54) is 32.4 Å². The van der Waals surface area contributed by atoms with Crippen molar-refractivity contribution in [3.05, 3.63) is 38.3 Å². The number of hydrogen-bond donors (Lipinski definition) is 0. The molecule has 1 atom stereocenters. The maximum absolute atomic E-state index is 11.0. The van der Waals surface area contributed by atoms with E-state index in [0.717, 1.165) is 25.2 Å². The van der Waals surface area contributed by atoms with Crippen LogP contribution < -0.4 is 0 Å². The van der Waals surface area contributed by atoms with E-state index in [9.17, 15) is 10.1 Å². The number of rotatable bonds is 3. The number of nitro benzene ring substituents is 1. The van der Waals surface area contributed by atoms with Crippen LogP contribution in [-0.2, 0) is 6.54 Å². The highest BCUT2D eigenvalue weighted by Crippen LogP contribution is 2.30. The molecule has 3 rings (SSSR count). The number of halogens is 1. The Bertz CT molecular complexity index is 538. The van der Waals surface area contributed by atoms with Crippen molar-refractivity contribution in [2.75, 3.05) is 26.2 Å². The minimum Gasteiger partial charge on any atom is -0.299 e. The van der Waals surface area contributed by atoms with Gasteiger partial charge in [-0.15, -0.1) is 0 Å². The molecular weight excluding hydrogens is 334 g/mol. The Labute approximate surface area is 133 Å². The number of nitrogens with zero attached hydrogens (tertiary/aromatic N) is 3. The van der Waals surface area contributed by atoms with E-state index in [1.54, 1.807) is 12.1 Å². The zero-order valence-electron chi connectivity index (χ0n) is 12.0. The van der Waals surface area contributed by atoms with Crippen LogP contribution in [0.2, 0.25) is 0 Å². The van der Waals surface area contributed by atoms with Gasteiger partial charge in [0.1, 0.15) is 0 Å². The van der Waals surface area contributed by atoms with Crippen molar-refractivity contribution in [2.24, 2.45) is 0 Å². The summed E-state index contributed by atoms with van der Waals surface area (Å²) in [6.45, 7) is 5.36. The predicted octanol–water partition coefficient (Wildman–Crippen LogP) is 3.03. The standard InChI is InChI=1S/C15H20BrN3O2/c16-15-12(4-1-6-14(15)19(20)21)10-17-7-3-9-18-8-2-5-13(18)11-17/h1,4,6,13H,2-3,5,7-11H2. The highest BCUT2D eigenvalue weighted by molar-refractivity contribution is 9.10. The fraction of sp³-hybridized carbons (Fsp3) is 0.600. The van der Waals surface area contributed by atoms with E-state index < -0.39 is 0 Å². The summed E-state index contributed by atoms with van der Waals surface area (Å²) >= 11 is 3.41. The lowest BCUT2D eigenvalue weighted by Crippen LogP contribution is -2.36. The highest BCUT2D eigenvalue weighted by atomic mass is 79.9. The van der Waals surface area contributed by atoms with Gasteiger partial charge >= 0.3 is 0 Å². The van der Waals surface area contributed by atoms with Crippen molar-refractivity contribution in [3.8, 4) is 0 Å². The smallest absolute Gasteiger partial charge is 0.283 e. The Morgan fingerprint density at radius 2 is 2.10 bits per heavy atom. The summed E-state index contributed by atoms with van der Waals surface area (Å²) in [5, 5.41) is 11.0. The van der Waals surface area contributed by atoms with Gasteiger partial charge in [0.05, 0.1) is 9.40 Å². The van der Waals surface area contributed by atoms with Crippen LogP contribution in [0.5, 0.6) is 0 Å². The van der Waals surface area contributed by atoms with Gasteiger partial charge in [0.25, 0.3) is 5.69 Å². The molecule has 2 saturated heterocycles. The number of benzene rings is 1. The first-order valence-corrected chi connectivity index (χ1v) is 8.32. The van der Waals surface area contributed by atoms with Gasteiger partial charge in [0.2, 0.25) is 0 Å². The van der Waals surface area contributed by atoms with E-state index in [-0.39, 0.29) is 10.6 Å². The molecule has 1 aromatic carbocycles. The lowest BCUT2D eigenvalue weighted by atomic mass is 10.1. The van der Waals surface area contributed by atoms with Crippen LogP contribution in [0, 0.1) is 10.1 Å². The van der Waals surface area contributed by atoms with Crippen molar-refractivity contribution in [1.29, 1.82) is 0 Å². The molecule has 0 aliphatic carbocycles. The Balaban J connectivity index is 1.74. The lowest BCUT2D eigenvalue weighted by molar-refractivity contribution is -0.385. The number of fused-ring (bicyclic) bond motifs is 1. The molecule has 6 heteroatoms. The molecular formula is C15H20BrN3O2. The maximum Gasteiger partial charge on any atom is 0.283 e. The Morgan fingerprint density at radius 1 is 1.29 bits per heavy atom. The topological polar surface area (TPSA) is 49.6 Å². The molecule has 5 nitrogen and oxygen atoms in total. The molecule has 0 N–H and O–H groups in total. The number of hydrogen-bond acceptors (Lipinski definition) is 4. The van der Waals surface area contributed by atoms with Gasteiger partial charge in [-0.25, -0.2) is 0 Å². The van der Waals surface area contributed by atoms with Gasteiger partial charge < -0.3 is 0 Å². The average Bonchev–Trinajstić information content (AvgIpc) is 2.79. The molecule has 0 bridgehead atoms. The summed E-state index contributed by atoms with van der Waals surface area (Å²) in [6.07, 6.45) is 3.77. The second-order valence-electron chi connectivity index (χ2n) is 5.93. The first kappa shape index (κ1) is 14.9. The molecule has 0 spiro atoms. The fourth-order valence-electron chi connectivity index (χ4n) is 3.50. The van der Waals surface area contributed by atoms with E-state index in [1.807, 2.05) is 6.07 Å². The molecule has 2 fully saturated rings. The normalized spacial score (nSPS) is 23.8. The molecule has 1 aromatic rings. The van der Waals surface area contributed by atoms with Crippen molar-refractivity contribution in [2.45, 2.75) is 31.8 Å². The minimum absolute atomic E-state index is 0.157. The molecule has 21 heavy (non-hydrogen) atoms. The summed E-state index contributed by atoms with van der Waals surface area (Å²) in [5.41, 5.74) is 1.17. The molecule has 2 aliphatic rings. The van der Waals surface area contributed by atoms with E-state index in [0.29, 0.717) is 10.5 Å². The fourth-order valence-corrected chi connectivity index (χ4v) is 4.03. The zero-order chi connectivity index (χ0) is 14.8. The van der Waals surface area contributed by atoms with Gasteiger partial charge in [-0.3, -0.25) is 19.9 Å². The van der Waals surface area contributed by atoms with Crippen molar-refractivity contribution < 1.29 is 4.92 Å². The average molecular weight is 354 g/mol. The van der Waals surface area contributed by atoms with Gasteiger partial charge in [-0.05, 0) is 60.4 Å². The van der Waals surface area contributed by atoms with Gasteiger partial charge in [-0.1, -0.05) is 12.1 Å². The van der Waals surface area contributed by atoms with Crippen LogP contribution in [0.15, 0.2) is 22.7 Å². The maximum atomic E-state index is 11.0. The Hall–Kier alpha value is -0.980. The van der Waals surface area contributed by atoms with Crippen LogP contribution in [0.1, 0.15) is 24.8 Å². The second-order valence-corrected chi connectivity index (χ2v) is 6.72. The van der Waals surface area contributed by atoms with E-state index >= 15 is 0 Å². The van der Waals surface area contributed by atoms with E-state index in [2.05, 4.69) is 25.7 Å². The molecule has 0 amide bonds. The monoisotopic (exact) mass is 353 g/mol. The molecule has 2 heterocycles.